The van der Waals surface area contributed by atoms with E-state index >= 15 is 0 Å². The Hall–Kier alpha value is -2.30. The Morgan fingerprint density at radius 1 is 1.44 bits per heavy atom. The van der Waals surface area contributed by atoms with Gasteiger partial charge in [0.1, 0.15) is 11.4 Å². The van der Waals surface area contributed by atoms with E-state index < -0.39 is 30.0 Å². The van der Waals surface area contributed by atoms with E-state index in [-0.39, 0.29) is 22.9 Å². The molecular formula is C17H20F3N3O2. The van der Waals surface area contributed by atoms with Gasteiger partial charge >= 0.3 is 6.18 Å². The minimum atomic E-state index is -4.54. The Balaban J connectivity index is 2.68. The second-order valence-electron chi connectivity index (χ2n) is 7.28. The quantitative estimate of drug-likeness (QED) is 0.873. The van der Waals surface area contributed by atoms with Gasteiger partial charge < -0.3 is 10.5 Å². The van der Waals surface area contributed by atoms with Crippen molar-refractivity contribution in [1.29, 1.82) is 5.26 Å². The predicted octanol–water partition coefficient (Wildman–Crippen LogP) is 3.65. The number of nitrogens with zero attached hydrogens (tertiary/aromatic N) is 2. The molecule has 136 valence electrons. The molecule has 2 N–H and O–H groups in total. The highest BCUT2D eigenvalue weighted by atomic mass is 19.4. The van der Waals surface area contributed by atoms with Crippen molar-refractivity contribution < 1.29 is 22.7 Å². The normalized spacial score (nSPS) is 16.2. The van der Waals surface area contributed by atoms with Crippen LogP contribution in [0.2, 0.25) is 0 Å². The third-order valence-corrected chi connectivity index (χ3v) is 4.01. The van der Waals surface area contributed by atoms with Crippen molar-refractivity contribution in [2.24, 2.45) is 11.1 Å². The molecule has 1 fully saturated rings. The number of halogens is 3. The van der Waals surface area contributed by atoms with E-state index in [2.05, 4.69) is 11.1 Å². The maximum atomic E-state index is 12.7. The number of primary amides is 1. The molecule has 1 aromatic heterocycles. The van der Waals surface area contributed by atoms with Crippen LogP contribution >= 0.6 is 0 Å². The van der Waals surface area contributed by atoms with Crippen LogP contribution < -0.4 is 10.5 Å². The van der Waals surface area contributed by atoms with Gasteiger partial charge in [0.05, 0.1) is 12.0 Å². The van der Waals surface area contributed by atoms with Gasteiger partial charge in [0, 0.05) is 17.3 Å². The summed E-state index contributed by atoms with van der Waals surface area (Å²) in [7, 11) is 0. The van der Waals surface area contributed by atoms with E-state index in [0.717, 1.165) is 12.8 Å². The van der Waals surface area contributed by atoms with Crippen LogP contribution in [0.1, 0.15) is 67.1 Å². The van der Waals surface area contributed by atoms with Crippen LogP contribution in [0.4, 0.5) is 13.2 Å². The van der Waals surface area contributed by atoms with Crippen molar-refractivity contribution in [1.82, 2.24) is 4.98 Å². The third-order valence-electron chi connectivity index (χ3n) is 4.01. The number of ether oxygens (including phenoxy) is 1. The second kappa shape index (κ2) is 6.54. The molecule has 0 radical (unpaired) electrons. The van der Waals surface area contributed by atoms with Crippen molar-refractivity contribution in [3.8, 4) is 11.8 Å². The average molecular weight is 355 g/mol. The van der Waals surface area contributed by atoms with Crippen molar-refractivity contribution in [3.63, 3.8) is 0 Å². The molecule has 1 unspecified atom stereocenters. The van der Waals surface area contributed by atoms with Crippen LogP contribution in [0, 0.1) is 16.7 Å². The number of nitrogens with two attached hydrogens (primary N) is 1. The highest BCUT2D eigenvalue weighted by molar-refractivity contribution is 5.93. The first-order valence-electron chi connectivity index (χ1n) is 7.87. The summed E-state index contributed by atoms with van der Waals surface area (Å²) < 4.78 is 43.2. The molecule has 1 aliphatic rings. The maximum Gasteiger partial charge on any atom is 0.422 e. The van der Waals surface area contributed by atoms with E-state index in [1.807, 2.05) is 0 Å². The highest BCUT2D eigenvalue weighted by Gasteiger charge is 2.39. The molecule has 1 heterocycles. The van der Waals surface area contributed by atoms with Crippen LogP contribution in [0.3, 0.4) is 0 Å². The van der Waals surface area contributed by atoms with Crippen LogP contribution in [0.15, 0.2) is 6.20 Å². The maximum absolute atomic E-state index is 12.7. The summed E-state index contributed by atoms with van der Waals surface area (Å²) in [5.74, 6) is -1.86. The number of pyridine rings is 1. The Morgan fingerprint density at radius 3 is 2.44 bits per heavy atom. The summed E-state index contributed by atoms with van der Waals surface area (Å²) in [5.41, 5.74) is 5.03. The first-order chi connectivity index (χ1) is 11.5. The lowest BCUT2D eigenvalue weighted by atomic mass is 9.76. The number of amides is 1. The smallest absolute Gasteiger partial charge is 0.422 e. The second-order valence-corrected chi connectivity index (χ2v) is 7.28. The number of rotatable bonds is 5. The number of carbonyl (C=O) groups is 1. The van der Waals surface area contributed by atoms with E-state index in [1.54, 1.807) is 20.8 Å². The molecule has 0 aromatic carbocycles. The van der Waals surface area contributed by atoms with Crippen LogP contribution in [-0.2, 0) is 0 Å². The zero-order chi connectivity index (χ0) is 19.0. The molecule has 2 rings (SSSR count). The van der Waals surface area contributed by atoms with Gasteiger partial charge in [-0.25, -0.2) is 0 Å². The van der Waals surface area contributed by atoms with Gasteiger partial charge in [-0.3, -0.25) is 9.78 Å². The first kappa shape index (κ1) is 19.0. The van der Waals surface area contributed by atoms with E-state index in [1.165, 1.54) is 6.20 Å². The molecule has 1 saturated carbocycles. The fraction of sp³-hybridized carbons (Fsp3) is 0.588. The first-order valence-corrected chi connectivity index (χ1v) is 7.87. The lowest BCUT2D eigenvalue weighted by molar-refractivity contribution is -0.153. The molecule has 25 heavy (non-hydrogen) atoms. The van der Waals surface area contributed by atoms with Crippen molar-refractivity contribution in [3.05, 3.63) is 23.0 Å². The van der Waals surface area contributed by atoms with Crippen molar-refractivity contribution in [2.75, 3.05) is 6.61 Å². The Labute approximate surface area is 144 Å². The van der Waals surface area contributed by atoms with Crippen LogP contribution in [0.25, 0.3) is 0 Å². The minimum absolute atomic E-state index is 0.0238. The van der Waals surface area contributed by atoms with Gasteiger partial charge in [-0.05, 0) is 24.2 Å². The number of carbonyl (C=O) groups excluding carboxylic acids is 1. The summed E-state index contributed by atoms with van der Waals surface area (Å²) in [6, 6.07) is 2.07. The highest BCUT2D eigenvalue weighted by Crippen LogP contribution is 2.49. The van der Waals surface area contributed by atoms with Gasteiger partial charge in [0.25, 0.3) is 5.91 Å². The van der Waals surface area contributed by atoms with Crippen LogP contribution in [0.5, 0.6) is 5.75 Å². The Bertz CT molecular complexity index is 714. The summed E-state index contributed by atoms with van der Waals surface area (Å²) >= 11 is 0. The fourth-order valence-corrected chi connectivity index (χ4v) is 2.68. The number of nitriles is 1. The lowest BCUT2D eigenvalue weighted by Crippen LogP contribution is -2.27. The summed E-state index contributed by atoms with van der Waals surface area (Å²) in [6.07, 6.45) is -1.61. The van der Waals surface area contributed by atoms with Gasteiger partial charge in [-0.15, -0.1) is 0 Å². The zero-order valence-corrected chi connectivity index (χ0v) is 14.3. The number of alkyl halides is 3. The van der Waals surface area contributed by atoms with E-state index in [0.29, 0.717) is 5.56 Å². The average Bonchev–Trinajstić information content (AvgIpc) is 3.27. The number of aromatic nitrogens is 1. The van der Waals surface area contributed by atoms with Crippen LogP contribution in [-0.4, -0.2) is 23.7 Å². The molecule has 5 nitrogen and oxygen atoms in total. The molecule has 0 bridgehead atoms. The molecule has 1 aliphatic carbocycles. The molecule has 8 heteroatoms. The number of hydrogen-bond donors (Lipinski definition) is 1. The Kier molecular flexibility index (Phi) is 4.98. The largest absolute Gasteiger partial charge is 0.483 e. The number of hydrogen-bond acceptors (Lipinski definition) is 4. The molecule has 1 aromatic rings. The van der Waals surface area contributed by atoms with E-state index in [9.17, 15) is 23.2 Å². The van der Waals surface area contributed by atoms with E-state index in [4.69, 9.17) is 10.5 Å². The summed E-state index contributed by atoms with van der Waals surface area (Å²) in [5, 5.41) is 9.61. The SMILES string of the molecule is CC(C)(C)C(C#N)c1c(C(N)=O)ncc(C2CC2)c1OCC(F)(F)F. The minimum Gasteiger partial charge on any atom is -0.483 e. The summed E-state index contributed by atoms with van der Waals surface area (Å²) in [4.78, 5) is 15.8. The molecule has 1 atom stereocenters. The van der Waals surface area contributed by atoms with Crippen molar-refractivity contribution >= 4 is 5.91 Å². The van der Waals surface area contributed by atoms with Crippen molar-refractivity contribution in [2.45, 2.75) is 51.6 Å². The van der Waals surface area contributed by atoms with Gasteiger partial charge in [0.15, 0.2) is 6.61 Å². The zero-order valence-electron chi connectivity index (χ0n) is 14.3. The monoisotopic (exact) mass is 355 g/mol. The van der Waals surface area contributed by atoms with Gasteiger partial charge in [0.2, 0.25) is 0 Å². The molecule has 0 saturated heterocycles. The molecule has 0 spiro atoms. The lowest BCUT2D eigenvalue weighted by Gasteiger charge is -2.29. The molecule has 0 aliphatic heterocycles. The summed E-state index contributed by atoms with van der Waals surface area (Å²) in [6.45, 7) is 3.75. The predicted molar refractivity (Wildman–Crippen MR) is 84.1 cm³/mol. The third kappa shape index (κ3) is 4.41. The van der Waals surface area contributed by atoms with Gasteiger partial charge in [-0.2, -0.15) is 18.4 Å². The Morgan fingerprint density at radius 2 is 2.04 bits per heavy atom. The molecular weight excluding hydrogens is 335 g/mol. The molecule has 1 amide bonds. The standard InChI is InChI=1S/C17H20F3N3O2/c1-16(2,3)11(6-21)12-13(15(22)24)23-7-10(9-4-5-9)14(12)25-8-17(18,19)20/h7,9,11H,4-5,8H2,1-3H3,(H2,22,24). The fourth-order valence-electron chi connectivity index (χ4n) is 2.68. The topological polar surface area (TPSA) is 89.0 Å². The van der Waals surface area contributed by atoms with Gasteiger partial charge in [-0.1, -0.05) is 20.8 Å².